The van der Waals surface area contributed by atoms with Gasteiger partial charge in [-0.25, -0.2) is 4.98 Å². The van der Waals surface area contributed by atoms with E-state index in [1.807, 2.05) is 30.7 Å². The van der Waals surface area contributed by atoms with Crippen molar-refractivity contribution < 1.29 is 9.53 Å². The molecule has 128 valence electrons. The second-order valence-electron chi connectivity index (χ2n) is 6.31. The van der Waals surface area contributed by atoms with E-state index in [2.05, 4.69) is 22.4 Å². The molecule has 3 aromatic rings. The average molecular weight is 356 g/mol. The van der Waals surface area contributed by atoms with Crippen LogP contribution in [0.4, 0.5) is 0 Å². The van der Waals surface area contributed by atoms with Crippen LogP contribution in [0.1, 0.15) is 27.0 Å². The molecule has 1 aliphatic heterocycles. The largest absolute Gasteiger partial charge is 0.489 e. The maximum Gasteiger partial charge on any atom is 0.255 e. The van der Waals surface area contributed by atoms with Crippen molar-refractivity contribution in [3.05, 3.63) is 57.9 Å². The smallest absolute Gasteiger partial charge is 0.255 e. The van der Waals surface area contributed by atoms with E-state index >= 15 is 0 Å². The van der Waals surface area contributed by atoms with E-state index in [1.165, 1.54) is 0 Å². The van der Waals surface area contributed by atoms with Crippen molar-refractivity contribution in [2.24, 2.45) is 7.05 Å². The zero-order chi connectivity index (χ0) is 17.6. The fourth-order valence-corrected chi connectivity index (χ4v) is 3.46. The standard InChI is InChI=1S/C19H18ClN3O2/c1-11-13(7-12-3-4-15-16(8-12)23(2)10-22-15)9-14-18(17(11)20)25-6-5-21-19(14)24/h3-4,8-10H,5-7H2,1-2H3,(H,21,24). The lowest BCUT2D eigenvalue weighted by Gasteiger charge is -2.15. The van der Waals surface area contributed by atoms with Crippen LogP contribution in [-0.4, -0.2) is 28.6 Å². The summed E-state index contributed by atoms with van der Waals surface area (Å²) in [6.45, 7) is 2.87. The van der Waals surface area contributed by atoms with Crippen LogP contribution in [0.5, 0.6) is 5.75 Å². The number of halogens is 1. The molecule has 1 N–H and O–H groups in total. The molecule has 0 saturated heterocycles. The summed E-state index contributed by atoms with van der Waals surface area (Å²) in [5, 5.41) is 3.35. The molecule has 0 bridgehead atoms. The molecule has 4 rings (SSSR count). The molecule has 0 aliphatic carbocycles. The van der Waals surface area contributed by atoms with Crippen molar-refractivity contribution in [1.29, 1.82) is 0 Å². The van der Waals surface area contributed by atoms with Crippen LogP contribution >= 0.6 is 11.6 Å². The molecule has 5 nitrogen and oxygen atoms in total. The fraction of sp³-hybridized carbons (Fsp3) is 0.263. The molecule has 1 amide bonds. The molecule has 0 radical (unpaired) electrons. The average Bonchev–Trinajstić information content (AvgIpc) is 2.86. The van der Waals surface area contributed by atoms with Gasteiger partial charge in [-0.1, -0.05) is 17.7 Å². The lowest BCUT2D eigenvalue weighted by Crippen LogP contribution is -2.24. The highest BCUT2D eigenvalue weighted by Gasteiger charge is 2.22. The minimum Gasteiger partial charge on any atom is -0.489 e. The van der Waals surface area contributed by atoms with E-state index in [0.29, 0.717) is 35.9 Å². The first-order chi connectivity index (χ1) is 12.0. The second kappa shape index (κ2) is 6.08. The third-order valence-electron chi connectivity index (χ3n) is 4.64. The van der Waals surface area contributed by atoms with Crippen molar-refractivity contribution in [3.63, 3.8) is 0 Å². The summed E-state index contributed by atoms with van der Waals surface area (Å²) in [6, 6.07) is 8.09. The van der Waals surface area contributed by atoms with Gasteiger partial charge in [0.15, 0.2) is 5.75 Å². The van der Waals surface area contributed by atoms with Crippen LogP contribution in [-0.2, 0) is 13.5 Å². The molecule has 1 aliphatic rings. The summed E-state index contributed by atoms with van der Waals surface area (Å²) in [7, 11) is 1.98. The van der Waals surface area contributed by atoms with Gasteiger partial charge in [-0.2, -0.15) is 0 Å². The Bertz CT molecular complexity index is 994. The van der Waals surface area contributed by atoms with Gasteiger partial charge in [-0.05, 0) is 48.2 Å². The Morgan fingerprint density at radius 2 is 2.20 bits per heavy atom. The Kier molecular flexibility index (Phi) is 3.88. The highest BCUT2D eigenvalue weighted by Crippen LogP contribution is 2.36. The third kappa shape index (κ3) is 2.74. The Morgan fingerprint density at radius 1 is 1.36 bits per heavy atom. The van der Waals surface area contributed by atoms with Crippen molar-refractivity contribution in [1.82, 2.24) is 14.9 Å². The molecule has 25 heavy (non-hydrogen) atoms. The van der Waals surface area contributed by atoms with Gasteiger partial charge in [0.25, 0.3) is 5.91 Å². The number of fused-ring (bicyclic) bond motifs is 2. The van der Waals surface area contributed by atoms with Crippen molar-refractivity contribution in [2.45, 2.75) is 13.3 Å². The number of aryl methyl sites for hydroxylation is 1. The maximum absolute atomic E-state index is 12.3. The Labute approximate surface area is 150 Å². The van der Waals surface area contributed by atoms with Crippen LogP contribution in [0.2, 0.25) is 5.02 Å². The number of ether oxygens (including phenoxy) is 1. The quantitative estimate of drug-likeness (QED) is 0.767. The monoisotopic (exact) mass is 355 g/mol. The number of hydrogen-bond acceptors (Lipinski definition) is 3. The Hall–Kier alpha value is -2.53. The maximum atomic E-state index is 12.3. The van der Waals surface area contributed by atoms with E-state index in [9.17, 15) is 4.79 Å². The minimum atomic E-state index is -0.141. The van der Waals surface area contributed by atoms with E-state index in [0.717, 1.165) is 27.7 Å². The van der Waals surface area contributed by atoms with Gasteiger partial charge >= 0.3 is 0 Å². The fourth-order valence-electron chi connectivity index (χ4n) is 3.19. The van der Waals surface area contributed by atoms with Gasteiger partial charge in [0, 0.05) is 7.05 Å². The summed E-state index contributed by atoms with van der Waals surface area (Å²) in [6.07, 6.45) is 2.49. The first-order valence-corrected chi connectivity index (χ1v) is 8.55. The summed E-state index contributed by atoms with van der Waals surface area (Å²) in [5.41, 5.74) is 5.66. The number of amides is 1. The zero-order valence-electron chi connectivity index (χ0n) is 14.1. The van der Waals surface area contributed by atoms with Crippen LogP contribution in [0.15, 0.2) is 30.6 Å². The number of hydrogen-bond donors (Lipinski definition) is 1. The molecule has 0 atom stereocenters. The predicted octanol–water partition coefficient (Wildman–Crippen LogP) is 3.25. The topological polar surface area (TPSA) is 56.1 Å². The SMILES string of the molecule is Cc1c(Cc2ccc3ncn(C)c3c2)cc2c(c1Cl)OCCNC2=O. The molecule has 2 aromatic carbocycles. The van der Waals surface area contributed by atoms with Crippen LogP contribution in [0, 0.1) is 6.92 Å². The highest BCUT2D eigenvalue weighted by atomic mass is 35.5. The first-order valence-electron chi connectivity index (χ1n) is 8.17. The minimum absolute atomic E-state index is 0.141. The normalized spacial score (nSPS) is 14.0. The number of aromatic nitrogens is 2. The summed E-state index contributed by atoms with van der Waals surface area (Å²) >= 11 is 6.50. The van der Waals surface area contributed by atoms with Gasteiger partial charge in [0.05, 0.1) is 34.5 Å². The summed E-state index contributed by atoms with van der Waals surface area (Å²) in [5.74, 6) is 0.345. The lowest BCUT2D eigenvalue weighted by atomic mass is 9.97. The van der Waals surface area contributed by atoms with Gasteiger partial charge in [0.1, 0.15) is 6.61 Å². The van der Waals surface area contributed by atoms with E-state index in [-0.39, 0.29) is 5.91 Å². The number of benzene rings is 2. The van der Waals surface area contributed by atoms with E-state index < -0.39 is 0 Å². The number of rotatable bonds is 2. The highest BCUT2D eigenvalue weighted by molar-refractivity contribution is 6.33. The number of nitrogens with one attached hydrogen (secondary N) is 1. The molecule has 6 heteroatoms. The van der Waals surface area contributed by atoms with Crippen molar-refractivity contribution in [3.8, 4) is 5.75 Å². The van der Waals surface area contributed by atoms with Crippen LogP contribution < -0.4 is 10.1 Å². The number of carbonyl (C=O) groups excluding carboxylic acids is 1. The summed E-state index contributed by atoms with van der Waals surface area (Å²) < 4.78 is 7.67. The Morgan fingerprint density at radius 3 is 3.04 bits per heavy atom. The molecule has 0 unspecified atom stereocenters. The van der Waals surface area contributed by atoms with E-state index in [4.69, 9.17) is 16.3 Å². The molecule has 0 fully saturated rings. The lowest BCUT2D eigenvalue weighted by molar-refractivity contribution is 0.0957. The van der Waals surface area contributed by atoms with Crippen LogP contribution in [0.25, 0.3) is 11.0 Å². The second-order valence-corrected chi connectivity index (χ2v) is 6.69. The number of carbonyl (C=O) groups is 1. The third-order valence-corrected chi connectivity index (χ3v) is 5.09. The van der Waals surface area contributed by atoms with Gasteiger partial charge in [0.2, 0.25) is 0 Å². The molecule has 2 heterocycles. The molecule has 1 aromatic heterocycles. The molecular formula is C19H18ClN3O2. The molecule has 0 spiro atoms. The number of nitrogens with zero attached hydrogens (tertiary/aromatic N) is 2. The van der Waals surface area contributed by atoms with Crippen molar-refractivity contribution in [2.75, 3.05) is 13.2 Å². The number of imidazole rings is 1. The Balaban J connectivity index is 1.78. The van der Waals surface area contributed by atoms with Crippen molar-refractivity contribution >= 4 is 28.5 Å². The van der Waals surface area contributed by atoms with Crippen LogP contribution in [0.3, 0.4) is 0 Å². The zero-order valence-corrected chi connectivity index (χ0v) is 14.9. The van der Waals surface area contributed by atoms with Gasteiger partial charge in [-0.3, -0.25) is 4.79 Å². The predicted molar refractivity (Wildman–Crippen MR) is 97.5 cm³/mol. The molecule has 0 saturated carbocycles. The van der Waals surface area contributed by atoms with Gasteiger partial charge < -0.3 is 14.6 Å². The van der Waals surface area contributed by atoms with Gasteiger partial charge in [-0.15, -0.1) is 0 Å². The summed E-state index contributed by atoms with van der Waals surface area (Å²) in [4.78, 5) is 16.6. The van der Waals surface area contributed by atoms with E-state index in [1.54, 1.807) is 6.33 Å². The first kappa shape index (κ1) is 16.0. The molecular weight excluding hydrogens is 338 g/mol.